The number of halogens is 1. The molecule has 2 heterocycles. The Bertz CT molecular complexity index is 234. The zero-order valence-corrected chi connectivity index (χ0v) is 10.4. The fourth-order valence-corrected chi connectivity index (χ4v) is 2.58. The third-order valence-electron chi connectivity index (χ3n) is 3.31. The molecule has 2 N–H and O–H groups in total. The monoisotopic (exact) mass is 244 g/mol. The van der Waals surface area contributed by atoms with Gasteiger partial charge in [0.25, 0.3) is 0 Å². The second kappa shape index (κ2) is 6.57. The van der Waals surface area contributed by atoms with E-state index in [-0.39, 0.29) is 0 Å². The number of hydrogen-bond acceptors (Lipinski definition) is 4. The minimum atomic E-state index is 0.750. The minimum Gasteiger partial charge on any atom is -0.301 e. The lowest BCUT2D eigenvalue weighted by molar-refractivity contribution is 0.212. The van der Waals surface area contributed by atoms with Crippen molar-refractivity contribution in [2.24, 2.45) is 0 Å². The van der Waals surface area contributed by atoms with Crippen molar-refractivity contribution in [3.05, 3.63) is 11.6 Å². The summed E-state index contributed by atoms with van der Waals surface area (Å²) in [4.78, 5) is 4.98. The average molecular weight is 245 g/mol. The van der Waals surface area contributed by atoms with Crippen LogP contribution in [0.5, 0.6) is 0 Å². The summed E-state index contributed by atoms with van der Waals surface area (Å²) < 4.78 is 0. The molecule has 0 aliphatic carbocycles. The molecular weight excluding hydrogens is 224 g/mol. The highest BCUT2D eigenvalue weighted by atomic mass is 35.5. The molecule has 1 unspecified atom stereocenters. The van der Waals surface area contributed by atoms with Crippen LogP contribution >= 0.6 is 11.6 Å². The Morgan fingerprint density at radius 1 is 1.44 bits per heavy atom. The largest absolute Gasteiger partial charge is 0.301 e. The van der Waals surface area contributed by atoms with E-state index in [1.165, 1.54) is 25.9 Å². The lowest BCUT2D eigenvalue weighted by Crippen LogP contribution is -2.41. The Morgan fingerprint density at radius 2 is 2.38 bits per heavy atom. The van der Waals surface area contributed by atoms with Crippen LogP contribution in [-0.2, 0) is 0 Å². The fraction of sp³-hybridized carbons (Fsp3) is 0.818. The lowest BCUT2D eigenvalue weighted by Gasteiger charge is -2.24. The molecule has 0 aromatic rings. The second-order valence-electron chi connectivity index (χ2n) is 4.50. The second-order valence-corrected chi connectivity index (χ2v) is 4.75. The molecule has 0 bridgehead atoms. The summed E-state index contributed by atoms with van der Waals surface area (Å²) in [6.45, 7) is 6.22. The molecule has 0 spiro atoms. The third kappa shape index (κ3) is 3.43. The Morgan fingerprint density at radius 3 is 3.25 bits per heavy atom. The van der Waals surface area contributed by atoms with Gasteiger partial charge in [-0.1, -0.05) is 17.7 Å². The number of nitrogens with zero attached hydrogens (tertiary/aromatic N) is 2. The summed E-state index contributed by atoms with van der Waals surface area (Å²) in [6.07, 6.45) is 4.62. The van der Waals surface area contributed by atoms with Gasteiger partial charge in [-0.05, 0) is 19.4 Å². The van der Waals surface area contributed by atoms with Crippen LogP contribution in [0.15, 0.2) is 11.6 Å². The molecule has 4 nitrogen and oxygen atoms in total. The quantitative estimate of drug-likeness (QED) is 0.708. The zero-order chi connectivity index (χ0) is 11.2. The van der Waals surface area contributed by atoms with E-state index in [2.05, 4.69) is 20.4 Å². The maximum absolute atomic E-state index is 5.47. The predicted octanol–water partition coefficient (Wildman–Crippen LogP) is 0.571. The van der Waals surface area contributed by atoms with Crippen LogP contribution in [0.4, 0.5) is 0 Å². The Labute approximate surface area is 103 Å². The summed E-state index contributed by atoms with van der Waals surface area (Å²) in [5, 5.41) is 6.84. The summed E-state index contributed by atoms with van der Waals surface area (Å²) in [5.41, 5.74) is 1.56. The molecule has 2 fully saturated rings. The van der Waals surface area contributed by atoms with Gasteiger partial charge in [0.15, 0.2) is 0 Å². The van der Waals surface area contributed by atoms with Crippen molar-refractivity contribution in [1.29, 1.82) is 0 Å². The van der Waals surface area contributed by atoms with Crippen LogP contribution in [0, 0.1) is 0 Å². The van der Waals surface area contributed by atoms with Crippen molar-refractivity contribution in [2.75, 3.05) is 39.6 Å². The first kappa shape index (κ1) is 12.3. The molecule has 2 aliphatic rings. The van der Waals surface area contributed by atoms with Crippen LogP contribution < -0.4 is 10.6 Å². The van der Waals surface area contributed by atoms with Crippen LogP contribution in [0.1, 0.15) is 12.8 Å². The smallest absolute Gasteiger partial charge is 0.0503 e. The molecule has 2 saturated heterocycles. The molecule has 0 saturated carbocycles. The molecule has 0 aromatic carbocycles. The van der Waals surface area contributed by atoms with Gasteiger partial charge in [-0.2, -0.15) is 0 Å². The van der Waals surface area contributed by atoms with Crippen LogP contribution in [0.2, 0.25) is 0 Å². The van der Waals surface area contributed by atoms with Crippen LogP contribution in [0.3, 0.4) is 0 Å². The van der Waals surface area contributed by atoms with Crippen LogP contribution in [0.25, 0.3) is 0 Å². The van der Waals surface area contributed by atoms with Crippen molar-refractivity contribution in [1.82, 2.24) is 20.4 Å². The summed E-state index contributed by atoms with van der Waals surface area (Å²) in [7, 11) is 0. The van der Waals surface area contributed by atoms with E-state index in [4.69, 9.17) is 11.6 Å². The molecule has 16 heavy (non-hydrogen) atoms. The molecular formula is C11H21ClN4. The molecule has 1 atom stereocenters. The van der Waals surface area contributed by atoms with Gasteiger partial charge < -0.3 is 5.32 Å². The first-order chi connectivity index (χ1) is 7.90. The van der Waals surface area contributed by atoms with Crippen molar-refractivity contribution < 1.29 is 0 Å². The Balaban J connectivity index is 1.72. The van der Waals surface area contributed by atoms with Gasteiger partial charge in [-0.3, -0.25) is 15.1 Å². The molecule has 0 amide bonds. The molecule has 0 aromatic heterocycles. The SMILES string of the molecule is Cl/C=C/CNCN1CNCN2CCCC2C1. The van der Waals surface area contributed by atoms with Crippen molar-refractivity contribution in [2.45, 2.75) is 18.9 Å². The first-order valence-electron chi connectivity index (χ1n) is 6.03. The van der Waals surface area contributed by atoms with Crippen molar-refractivity contribution in [3.8, 4) is 0 Å². The van der Waals surface area contributed by atoms with E-state index >= 15 is 0 Å². The van der Waals surface area contributed by atoms with Gasteiger partial charge in [-0.25, -0.2) is 0 Å². The zero-order valence-electron chi connectivity index (χ0n) is 9.66. The Hall–Kier alpha value is -0.130. The predicted molar refractivity (Wildman–Crippen MR) is 67.2 cm³/mol. The maximum atomic E-state index is 5.47. The normalized spacial score (nSPS) is 28.4. The standard InChI is InChI=1S/C11H21ClN4/c12-4-2-5-13-8-15-7-11-3-1-6-16(11)10-14-9-15/h2,4,11,13-14H,1,3,5-10H2/b4-2+. The maximum Gasteiger partial charge on any atom is 0.0503 e. The van der Waals surface area contributed by atoms with Gasteiger partial charge >= 0.3 is 0 Å². The molecule has 5 heteroatoms. The molecule has 2 rings (SSSR count). The van der Waals surface area contributed by atoms with E-state index in [9.17, 15) is 0 Å². The van der Waals surface area contributed by atoms with Gasteiger partial charge in [-0.15, -0.1) is 0 Å². The summed E-state index contributed by atoms with van der Waals surface area (Å²) in [6, 6.07) is 0.750. The summed E-state index contributed by atoms with van der Waals surface area (Å²) >= 11 is 5.47. The highest BCUT2D eigenvalue weighted by Gasteiger charge is 2.27. The van der Waals surface area contributed by atoms with Gasteiger partial charge in [0, 0.05) is 38.0 Å². The van der Waals surface area contributed by atoms with Gasteiger partial charge in [0.2, 0.25) is 0 Å². The topological polar surface area (TPSA) is 30.5 Å². The summed E-state index contributed by atoms with van der Waals surface area (Å²) in [5.74, 6) is 0. The molecule has 0 radical (unpaired) electrons. The molecule has 2 aliphatic heterocycles. The number of rotatable bonds is 4. The van der Waals surface area contributed by atoms with Crippen molar-refractivity contribution in [3.63, 3.8) is 0 Å². The highest BCUT2D eigenvalue weighted by Crippen LogP contribution is 2.18. The van der Waals surface area contributed by atoms with Crippen LogP contribution in [-0.4, -0.2) is 55.5 Å². The Kier molecular flexibility index (Phi) is 5.06. The van der Waals surface area contributed by atoms with E-state index in [1.54, 1.807) is 5.54 Å². The van der Waals surface area contributed by atoms with Gasteiger partial charge in [0.05, 0.1) is 6.67 Å². The number of fused-ring (bicyclic) bond motifs is 1. The van der Waals surface area contributed by atoms with E-state index in [0.29, 0.717) is 0 Å². The fourth-order valence-electron chi connectivity index (χ4n) is 2.50. The van der Waals surface area contributed by atoms with E-state index in [0.717, 1.165) is 32.6 Å². The number of nitrogens with one attached hydrogen (secondary N) is 2. The minimum absolute atomic E-state index is 0.750. The van der Waals surface area contributed by atoms with Gasteiger partial charge in [0.1, 0.15) is 0 Å². The average Bonchev–Trinajstić information content (AvgIpc) is 2.63. The van der Waals surface area contributed by atoms with E-state index < -0.39 is 0 Å². The number of hydrogen-bond donors (Lipinski definition) is 2. The third-order valence-corrected chi connectivity index (χ3v) is 3.48. The van der Waals surface area contributed by atoms with E-state index in [1.807, 2.05) is 6.08 Å². The molecule has 92 valence electrons. The first-order valence-corrected chi connectivity index (χ1v) is 6.47. The lowest BCUT2D eigenvalue weighted by atomic mass is 10.2. The van der Waals surface area contributed by atoms with Crippen molar-refractivity contribution >= 4 is 11.6 Å². The highest BCUT2D eigenvalue weighted by molar-refractivity contribution is 6.25.